The lowest BCUT2D eigenvalue weighted by Gasteiger charge is -2.13. The van der Waals surface area contributed by atoms with Gasteiger partial charge in [0.15, 0.2) is 11.5 Å². The number of hydrogen-bond donors (Lipinski definition) is 2. The van der Waals surface area contributed by atoms with Crippen LogP contribution in [0.4, 0.5) is 0 Å². The third kappa shape index (κ3) is 18.0. The number of benzene rings is 1. The van der Waals surface area contributed by atoms with Crippen LogP contribution in [0, 0.1) is 0 Å². The van der Waals surface area contributed by atoms with Crippen molar-refractivity contribution in [2.24, 2.45) is 5.73 Å². The van der Waals surface area contributed by atoms with E-state index in [0.29, 0.717) is 12.0 Å². The van der Waals surface area contributed by atoms with Crippen molar-refractivity contribution < 1.29 is 29.0 Å². The predicted octanol–water partition coefficient (Wildman–Crippen LogP) is 8.29. The molecule has 3 N–H and O–H groups in total. The molecule has 7 heteroatoms. The molecule has 0 fully saturated rings. The van der Waals surface area contributed by atoms with Crippen molar-refractivity contribution in [2.45, 2.75) is 155 Å². The van der Waals surface area contributed by atoms with E-state index in [-0.39, 0.29) is 36.3 Å². The molecule has 0 aliphatic carbocycles. The van der Waals surface area contributed by atoms with E-state index in [1.54, 1.807) is 18.2 Å². The molecule has 0 radical (unpaired) electrons. The van der Waals surface area contributed by atoms with Gasteiger partial charge in [-0.3, -0.25) is 14.4 Å². The second kappa shape index (κ2) is 23.3. The lowest BCUT2D eigenvalue weighted by Crippen LogP contribution is -2.32. The summed E-state index contributed by atoms with van der Waals surface area (Å²) in [6, 6.07) is 3.68. The number of esters is 2. The van der Waals surface area contributed by atoms with E-state index in [4.69, 9.17) is 20.3 Å². The molecule has 1 rings (SSSR count). The van der Waals surface area contributed by atoms with Crippen LogP contribution in [0.3, 0.4) is 0 Å². The molecule has 0 amide bonds. The molecule has 0 saturated heterocycles. The molecule has 0 bridgehead atoms. The molecule has 0 aliphatic heterocycles. The predicted molar refractivity (Wildman–Crippen MR) is 161 cm³/mol. The third-order valence-corrected chi connectivity index (χ3v) is 7.20. The molecule has 228 valence electrons. The van der Waals surface area contributed by atoms with Crippen molar-refractivity contribution >= 4 is 17.9 Å². The number of rotatable bonds is 25. The quantitative estimate of drug-likeness (QED) is 0.0700. The van der Waals surface area contributed by atoms with Gasteiger partial charge in [0.25, 0.3) is 0 Å². The summed E-state index contributed by atoms with van der Waals surface area (Å²) in [5.74, 6) is -1.56. The zero-order valence-corrected chi connectivity index (χ0v) is 25.2. The summed E-state index contributed by atoms with van der Waals surface area (Å²) < 4.78 is 11.2. The highest BCUT2D eigenvalue weighted by molar-refractivity contribution is 5.76. The van der Waals surface area contributed by atoms with Gasteiger partial charge in [0.05, 0.1) is 0 Å². The maximum absolute atomic E-state index is 12.6. The van der Waals surface area contributed by atoms with Crippen LogP contribution in [0.5, 0.6) is 11.5 Å². The molecule has 0 aromatic heterocycles. The number of nitrogens with two attached hydrogens (primary N) is 1. The Labute approximate surface area is 242 Å². The van der Waals surface area contributed by atoms with Crippen molar-refractivity contribution in [1.82, 2.24) is 0 Å². The van der Waals surface area contributed by atoms with E-state index >= 15 is 0 Å². The van der Waals surface area contributed by atoms with Crippen LogP contribution < -0.4 is 15.2 Å². The van der Waals surface area contributed by atoms with Crippen LogP contribution in [-0.4, -0.2) is 29.1 Å². The second-order valence-corrected chi connectivity index (χ2v) is 11.0. The average molecular weight is 562 g/mol. The summed E-state index contributed by atoms with van der Waals surface area (Å²) in [4.78, 5) is 36.3. The standard InChI is InChI=1S/C33H55NO6/c1-3-5-7-9-11-13-15-17-19-21-31(35)39-29-24-23-27(25-28(34)33(37)38)26-30(29)40-32(36)22-20-18-16-14-12-10-8-6-4-2/h23-24,26,28H,3-22,25,34H2,1-2H3,(H,37,38). The monoisotopic (exact) mass is 561 g/mol. The summed E-state index contributed by atoms with van der Waals surface area (Å²) in [7, 11) is 0. The number of unbranched alkanes of at least 4 members (excludes halogenated alkanes) is 16. The molecule has 0 spiro atoms. The van der Waals surface area contributed by atoms with Gasteiger partial charge in [0, 0.05) is 12.8 Å². The molecule has 7 nitrogen and oxygen atoms in total. The van der Waals surface area contributed by atoms with Gasteiger partial charge in [-0.25, -0.2) is 0 Å². The van der Waals surface area contributed by atoms with Crippen molar-refractivity contribution in [3.05, 3.63) is 23.8 Å². The zero-order valence-electron chi connectivity index (χ0n) is 25.2. The van der Waals surface area contributed by atoms with Gasteiger partial charge in [-0.1, -0.05) is 123 Å². The zero-order chi connectivity index (χ0) is 29.4. The Bertz CT molecular complexity index is 840. The number of aliphatic carboxylic acids is 1. The highest BCUT2D eigenvalue weighted by Crippen LogP contribution is 2.30. The van der Waals surface area contributed by atoms with E-state index in [1.165, 1.54) is 77.0 Å². The van der Waals surface area contributed by atoms with E-state index in [2.05, 4.69) is 13.8 Å². The minimum atomic E-state index is -1.11. The Kier molecular flexibility index (Phi) is 20.8. The third-order valence-electron chi connectivity index (χ3n) is 7.20. The van der Waals surface area contributed by atoms with Gasteiger partial charge in [-0.05, 0) is 37.0 Å². The summed E-state index contributed by atoms with van der Waals surface area (Å²) in [5, 5.41) is 9.15. The Morgan fingerprint density at radius 2 is 1.05 bits per heavy atom. The fourth-order valence-electron chi connectivity index (χ4n) is 4.69. The van der Waals surface area contributed by atoms with Crippen molar-refractivity contribution in [2.75, 3.05) is 0 Å². The largest absolute Gasteiger partial charge is 0.480 e. The van der Waals surface area contributed by atoms with Crippen LogP contribution in [0.1, 0.15) is 148 Å². The molecule has 0 saturated carbocycles. The lowest BCUT2D eigenvalue weighted by molar-refractivity contribution is -0.138. The highest BCUT2D eigenvalue weighted by Gasteiger charge is 2.18. The van der Waals surface area contributed by atoms with Crippen molar-refractivity contribution in [3.8, 4) is 11.5 Å². The molecule has 0 aliphatic rings. The minimum absolute atomic E-state index is 0.0742. The Morgan fingerprint density at radius 3 is 1.48 bits per heavy atom. The lowest BCUT2D eigenvalue weighted by atomic mass is 10.1. The average Bonchev–Trinajstić information content (AvgIpc) is 2.92. The van der Waals surface area contributed by atoms with E-state index in [1.807, 2.05) is 0 Å². The highest BCUT2D eigenvalue weighted by atomic mass is 16.6. The summed E-state index contributed by atoms with van der Waals surface area (Å²) in [6.45, 7) is 4.43. The first-order chi connectivity index (χ1) is 19.4. The van der Waals surface area contributed by atoms with Crippen LogP contribution in [0.25, 0.3) is 0 Å². The van der Waals surface area contributed by atoms with Gasteiger partial charge < -0.3 is 20.3 Å². The summed E-state index contributed by atoms with van der Waals surface area (Å²) in [5.41, 5.74) is 6.28. The fraction of sp³-hybridized carbons (Fsp3) is 0.727. The first-order valence-corrected chi connectivity index (χ1v) is 15.9. The molecule has 40 heavy (non-hydrogen) atoms. The van der Waals surface area contributed by atoms with E-state index in [9.17, 15) is 14.4 Å². The van der Waals surface area contributed by atoms with E-state index < -0.39 is 12.0 Å². The number of carboxylic acid groups (broad SMARTS) is 1. The van der Waals surface area contributed by atoms with Gasteiger partial charge in [0.2, 0.25) is 0 Å². The summed E-state index contributed by atoms with van der Waals surface area (Å²) >= 11 is 0. The number of ether oxygens (including phenoxy) is 2. The molecule has 1 aromatic rings. The summed E-state index contributed by atoms with van der Waals surface area (Å²) in [6.07, 6.45) is 21.4. The Balaban J connectivity index is 2.54. The van der Waals surface area contributed by atoms with Gasteiger partial charge >= 0.3 is 17.9 Å². The van der Waals surface area contributed by atoms with Crippen molar-refractivity contribution in [1.29, 1.82) is 0 Å². The maximum Gasteiger partial charge on any atom is 0.320 e. The van der Waals surface area contributed by atoms with Gasteiger partial charge in [-0.2, -0.15) is 0 Å². The molecule has 1 atom stereocenters. The minimum Gasteiger partial charge on any atom is -0.480 e. The van der Waals surface area contributed by atoms with Gasteiger partial charge in [-0.15, -0.1) is 0 Å². The topological polar surface area (TPSA) is 116 Å². The number of carbonyl (C=O) groups is 3. The maximum atomic E-state index is 12.6. The molecular weight excluding hydrogens is 506 g/mol. The van der Waals surface area contributed by atoms with Crippen molar-refractivity contribution in [3.63, 3.8) is 0 Å². The molecule has 0 heterocycles. The smallest absolute Gasteiger partial charge is 0.320 e. The van der Waals surface area contributed by atoms with Crippen LogP contribution in [0.2, 0.25) is 0 Å². The second-order valence-electron chi connectivity index (χ2n) is 11.0. The molecule has 1 aromatic carbocycles. The fourth-order valence-corrected chi connectivity index (χ4v) is 4.69. The Hall–Kier alpha value is -2.41. The van der Waals surface area contributed by atoms with Crippen LogP contribution in [0.15, 0.2) is 18.2 Å². The van der Waals surface area contributed by atoms with Crippen LogP contribution >= 0.6 is 0 Å². The SMILES string of the molecule is CCCCCCCCCCCC(=O)Oc1ccc(CC(N)C(=O)O)cc1OC(=O)CCCCCCCCCCC. The molecular formula is C33H55NO6. The number of carbonyl (C=O) groups excluding carboxylic acids is 2. The normalized spacial score (nSPS) is 11.8. The molecule has 1 unspecified atom stereocenters. The van der Waals surface area contributed by atoms with Gasteiger partial charge in [0.1, 0.15) is 6.04 Å². The first-order valence-electron chi connectivity index (χ1n) is 15.9. The first kappa shape index (κ1) is 35.6. The van der Waals surface area contributed by atoms with Crippen LogP contribution in [-0.2, 0) is 20.8 Å². The number of carboxylic acids is 1. The van der Waals surface area contributed by atoms with E-state index in [0.717, 1.165) is 38.5 Å². The number of hydrogen-bond acceptors (Lipinski definition) is 6. The Morgan fingerprint density at radius 1 is 0.650 bits per heavy atom.